The smallest absolute Gasteiger partial charge is 0.220 e. The van der Waals surface area contributed by atoms with Gasteiger partial charge in [0.1, 0.15) is 73.2 Å². The summed E-state index contributed by atoms with van der Waals surface area (Å²) >= 11 is 0. The second-order valence-electron chi connectivity index (χ2n) is 27.8. The second-order valence-corrected chi connectivity index (χ2v) is 27.8. The molecule has 3 saturated heterocycles. The van der Waals surface area contributed by atoms with Crippen molar-refractivity contribution in [3.8, 4) is 0 Å². The maximum atomic E-state index is 13.5. The van der Waals surface area contributed by atoms with E-state index in [4.69, 9.17) is 28.4 Å². The monoisotopic (exact) mass is 1380 g/mol. The fourth-order valence-corrected chi connectivity index (χ4v) is 13.0. The molecule has 3 aliphatic rings. The molecule has 1 amide bonds. The molecule has 0 saturated carbocycles. The SMILES string of the molecule is CCCCCCC/C=C\C/C=C\C/C=C\CCCCCCCCCCCCCCC(=O)NC(COC1OC(CO)C(OC2OC(CO)C(OC3OC(CO)C(O)C(O)C3O)C(O)C2O)C(O)C1O)C(O)/C=C/CC/C=C/CCCCCCCCCCCCCCCCCCCCC. The van der Waals surface area contributed by atoms with E-state index in [9.17, 15) is 61.0 Å². The Labute approximate surface area is 586 Å². The number of aliphatic hydroxyl groups is 11. The van der Waals surface area contributed by atoms with Crippen LogP contribution in [0.2, 0.25) is 0 Å². The Morgan fingerprint density at radius 2 is 0.691 bits per heavy atom. The number of carbonyl (C=O) groups is 1. The molecule has 3 fully saturated rings. The molecular formula is C78H141NO18. The molecule has 17 atom stereocenters. The van der Waals surface area contributed by atoms with Crippen LogP contribution in [0.4, 0.5) is 0 Å². The lowest BCUT2D eigenvalue weighted by atomic mass is 9.96. The molecule has 12 N–H and O–H groups in total. The molecule has 3 aliphatic heterocycles. The van der Waals surface area contributed by atoms with Crippen molar-refractivity contribution in [2.24, 2.45) is 0 Å². The van der Waals surface area contributed by atoms with Gasteiger partial charge in [-0.2, -0.15) is 0 Å². The molecular weight excluding hydrogens is 1240 g/mol. The lowest BCUT2D eigenvalue weighted by Crippen LogP contribution is -2.66. The van der Waals surface area contributed by atoms with Gasteiger partial charge in [0, 0.05) is 6.42 Å². The van der Waals surface area contributed by atoms with E-state index in [1.165, 1.54) is 205 Å². The van der Waals surface area contributed by atoms with E-state index in [1.807, 2.05) is 6.08 Å². The Kier molecular flexibility index (Phi) is 53.9. The van der Waals surface area contributed by atoms with Crippen molar-refractivity contribution in [3.05, 3.63) is 60.8 Å². The highest BCUT2D eigenvalue weighted by molar-refractivity contribution is 5.76. The Balaban J connectivity index is 1.41. The minimum Gasteiger partial charge on any atom is -0.394 e. The highest BCUT2D eigenvalue weighted by atomic mass is 16.8. The van der Waals surface area contributed by atoms with Gasteiger partial charge in [0.2, 0.25) is 5.91 Å². The summed E-state index contributed by atoms with van der Waals surface area (Å²) in [6.07, 6.45) is 47.7. The maximum absolute atomic E-state index is 13.5. The fraction of sp³-hybridized carbons (Fsp3) is 0.859. The molecule has 19 heteroatoms. The van der Waals surface area contributed by atoms with Gasteiger partial charge in [-0.15, -0.1) is 0 Å². The zero-order valence-electron chi connectivity index (χ0n) is 60.3. The van der Waals surface area contributed by atoms with E-state index in [0.29, 0.717) is 12.8 Å². The van der Waals surface area contributed by atoms with Crippen LogP contribution in [0.1, 0.15) is 296 Å². The van der Waals surface area contributed by atoms with Crippen molar-refractivity contribution in [3.63, 3.8) is 0 Å². The molecule has 0 aromatic rings. The normalized spacial score (nSPS) is 27.2. The first kappa shape index (κ1) is 88.7. The Bertz CT molecular complexity index is 1990. The third-order valence-corrected chi connectivity index (χ3v) is 19.3. The third-order valence-electron chi connectivity index (χ3n) is 19.3. The van der Waals surface area contributed by atoms with E-state index in [-0.39, 0.29) is 18.9 Å². The van der Waals surface area contributed by atoms with E-state index >= 15 is 0 Å². The number of ether oxygens (including phenoxy) is 6. The molecule has 0 spiro atoms. The molecule has 0 aromatic heterocycles. The average Bonchev–Trinajstić information content (AvgIpc) is 0.790. The number of aliphatic hydroxyl groups excluding tert-OH is 11. The van der Waals surface area contributed by atoms with E-state index in [1.54, 1.807) is 6.08 Å². The standard InChI is InChI=1S/C78H141NO18/c1-3-5-7-9-11-13-15-17-19-21-23-25-27-29-30-32-34-36-38-40-42-44-46-48-50-52-54-56-66(84)79-61(62(83)55-53-51-49-47-45-43-41-39-37-35-33-31-28-26-24-22-20-18-16-14-12-10-8-6-4-2)60-92-76-72(90)69(87)74(64(58-81)94-76)97-78-73(91)70(88)75(65(59-82)95-78)96-77-71(89)68(86)67(85)63(57-80)93-77/h15,17,21,23,27,29,45,47,53,55,61-65,67-78,80-83,85-91H,3-14,16,18-20,22,24-26,28,30-44,46,48-52,54,56-60H2,1-2H3,(H,79,84)/b17-15-,23-21-,29-27-,47-45+,55-53+. The van der Waals surface area contributed by atoms with Gasteiger partial charge in [0.05, 0.1) is 38.6 Å². The summed E-state index contributed by atoms with van der Waals surface area (Å²) in [5.74, 6) is -0.286. The Morgan fingerprint density at radius 3 is 1.10 bits per heavy atom. The van der Waals surface area contributed by atoms with Crippen molar-refractivity contribution in [2.75, 3.05) is 26.4 Å². The molecule has 97 heavy (non-hydrogen) atoms. The quantitative estimate of drug-likeness (QED) is 0.0199. The molecule has 566 valence electrons. The topological polar surface area (TPSA) is 307 Å². The van der Waals surface area contributed by atoms with Crippen molar-refractivity contribution in [2.45, 2.75) is 401 Å². The maximum Gasteiger partial charge on any atom is 0.220 e. The van der Waals surface area contributed by atoms with Crippen molar-refractivity contribution in [1.82, 2.24) is 5.32 Å². The summed E-state index contributed by atoms with van der Waals surface area (Å²) in [6.45, 7) is 1.74. The minimum atomic E-state index is -1.98. The summed E-state index contributed by atoms with van der Waals surface area (Å²) in [5.41, 5.74) is 0. The van der Waals surface area contributed by atoms with Gasteiger partial charge in [-0.25, -0.2) is 0 Å². The number of hydrogen-bond donors (Lipinski definition) is 12. The zero-order chi connectivity index (χ0) is 70.4. The Hall–Kier alpha value is -2.51. The second kappa shape index (κ2) is 58.9. The molecule has 3 rings (SSSR count). The van der Waals surface area contributed by atoms with Crippen LogP contribution in [0.5, 0.6) is 0 Å². The van der Waals surface area contributed by atoms with Gasteiger partial charge in [0.15, 0.2) is 18.9 Å². The van der Waals surface area contributed by atoms with Crippen LogP contribution in [-0.4, -0.2) is 193 Å². The number of amides is 1. The number of hydrogen-bond acceptors (Lipinski definition) is 18. The van der Waals surface area contributed by atoms with Crippen molar-refractivity contribution < 1.29 is 89.4 Å². The molecule has 17 unspecified atom stereocenters. The summed E-state index contributed by atoms with van der Waals surface area (Å²) in [6, 6.07) is -0.995. The first-order valence-electron chi connectivity index (χ1n) is 39.0. The minimum absolute atomic E-state index is 0.232. The molecule has 3 heterocycles. The van der Waals surface area contributed by atoms with Crippen molar-refractivity contribution >= 4 is 5.91 Å². The largest absolute Gasteiger partial charge is 0.394 e. The van der Waals surface area contributed by atoms with Crippen LogP contribution >= 0.6 is 0 Å². The highest BCUT2D eigenvalue weighted by Gasteiger charge is 2.53. The van der Waals surface area contributed by atoms with E-state index < -0.39 is 124 Å². The summed E-state index contributed by atoms with van der Waals surface area (Å²) in [4.78, 5) is 13.5. The number of rotatable bonds is 61. The van der Waals surface area contributed by atoms with Crippen LogP contribution in [0, 0.1) is 0 Å². The number of nitrogens with one attached hydrogen (secondary N) is 1. The molecule has 0 bridgehead atoms. The Morgan fingerprint density at radius 1 is 0.371 bits per heavy atom. The van der Waals surface area contributed by atoms with Crippen LogP contribution in [0.15, 0.2) is 60.8 Å². The predicted octanol–water partition coefficient (Wildman–Crippen LogP) is 12.3. The van der Waals surface area contributed by atoms with E-state index in [0.717, 1.165) is 57.8 Å². The van der Waals surface area contributed by atoms with Gasteiger partial charge >= 0.3 is 0 Å². The summed E-state index contributed by atoms with van der Waals surface area (Å²) < 4.78 is 34.4. The first-order chi connectivity index (χ1) is 47.3. The van der Waals surface area contributed by atoms with Gasteiger partial charge < -0.3 is 89.9 Å². The fourth-order valence-electron chi connectivity index (χ4n) is 13.0. The van der Waals surface area contributed by atoms with Crippen LogP contribution in [0.3, 0.4) is 0 Å². The average molecular weight is 1380 g/mol. The number of allylic oxidation sites excluding steroid dienone is 9. The lowest BCUT2D eigenvalue weighted by Gasteiger charge is -2.48. The molecule has 0 aromatic carbocycles. The predicted molar refractivity (Wildman–Crippen MR) is 383 cm³/mol. The van der Waals surface area contributed by atoms with E-state index in [2.05, 4.69) is 67.8 Å². The summed E-state index contributed by atoms with van der Waals surface area (Å²) in [7, 11) is 0. The van der Waals surface area contributed by atoms with Gasteiger partial charge in [0.25, 0.3) is 0 Å². The van der Waals surface area contributed by atoms with Crippen LogP contribution in [0.25, 0.3) is 0 Å². The first-order valence-corrected chi connectivity index (χ1v) is 39.0. The number of unbranched alkanes of at least 4 members (excludes halogenated alkanes) is 37. The number of carbonyl (C=O) groups excluding carboxylic acids is 1. The van der Waals surface area contributed by atoms with Crippen molar-refractivity contribution in [1.29, 1.82) is 0 Å². The third kappa shape index (κ3) is 39.6. The van der Waals surface area contributed by atoms with Gasteiger partial charge in [-0.3, -0.25) is 4.79 Å². The van der Waals surface area contributed by atoms with Crippen LogP contribution in [-0.2, 0) is 33.2 Å². The summed E-state index contributed by atoms with van der Waals surface area (Å²) in [5, 5.41) is 121. The molecule has 19 nitrogen and oxygen atoms in total. The zero-order valence-corrected chi connectivity index (χ0v) is 60.3. The molecule has 0 aliphatic carbocycles. The molecule has 0 radical (unpaired) electrons. The van der Waals surface area contributed by atoms with Gasteiger partial charge in [-0.1, -0.05) is 280 Å². The van der Waals surface area contributed by atoms with Gasteiger partial charge in [-0.05, 0) is 70.6 Å². The lowest BCUT2D eigenvalue weighted by molar-refractivity contribution is -0.379. The highest BCUT2D eigenvalue weighted by Crippen LogP contribution is 2.33. The van der Waals surface area contributed by atoms with Crippen LogP contribution < -0.4 is 5.32 Å².